The molecule has 0 heteroatoms. The fourth-order valence-corrected chi connectivity index (χ4v) is 4.91. The van der Waals surface area contributed by atoms with Crippen molar-refractivity contribution in [1.82, 2.24) is 0 Å². The van der Waals surface area contributed by atoms with Crippen LogP contribution in [0, 0.1) is 24.2 Å². The van der Waals surface area contributed by atoms with Crippen LogP contribution in [0.2, 0.25) is 0 Å². The lowest BCUT2D eigenvalue weighted by atomic mass is 9.71. The molecule has 0 saturated heterocycles. The second kappa shape index (κ2) is 8.88. The van der Waals surface area contributed by atoms with Crippen LogP contribution in [0.15, 0.2) is 53.1 Å². The predicted octanol–water partition coefficient (Wildman–Crippen LogP) is 7.32. The molecule has 0 nitrogen and oxygen atoms in total. The third kappa shape index (κ3) is 5.33. The van der Waals surface area contributed by atoms with E-state index >= 15 is 0 Å². The minimum atomic E-state index is 0.891. The molecule has 0 bridgehead atoms. The maximum Gasteiger partial charge on any atom is 0.0113 e. The molecule has 0 amide bonds. The quantitative estimate of drug-likeness (QED) is 0.458. The lowest BCUT2D eigenvalue weighted by Crippen LogP contribution is -2.23. The van der Waals surface area contributed by atoms with Crippen LogP contribution in [-0.2, 0) is 6.42 Å². The van der Waals surface area contributed by atoms with Gasteiger partial charge in [-0.15, -0.1) is 0 Å². The Morgan fingerprint density at radius 1 is 1.00 bits per heavy atom. The van der Waals surface area contributed by atoms with Gasteiger partial charge >= 0.3 is 0 Å². The van der Waals surface area contributed by atoms with Gasteiger partial charge < -0.3 is 0 Å². The summed E-state index contributed by atoms with van der Waals surface area (Å²) in [5, 5.41) is 0. The smallest absolute Gasteiger partial charge is 0.0113 e. The van der Waals surface area contributed by atoms with Gasteiger partial charge in [0.25, 0.3) is 0 Å². The summed E-state index contributed by atoms with van der Waals surface area (Å²) in [7, 11) is 0. The molecule has 2 aliphatic carbocycles. The number of rotatable bonds is 7. The van der Waals surface area contributed by atoms with Gasteiger partial charge in [0, 0.05) is 6.42 Å². The number of hydrogen-bond acceptors (Lipinski definition) is 0. The minimum absolute atomic E-state index is 0.891. The summed E-state index contributed by atoms with van der Waals surface area (Å²) in [6.07, 6.45) is 15.9. The van der Waals surface area contributed by atoms with Crippen molar-refractivity contribution < 1.29 is 0 Å². The average molecular weight is 336 g/mol. The molecule has 0 aliphatic heterocycles. The minimum Gasteiger partial charge on any atom is -0.0650 e. The van der Waals surface area contributed by atoms with Crippen LogP contribution in [-0.4, -0.2) is 0 Å². The van der Waals surface area contributed by atoms with E-state index in [1.54, 1.807) is 5.57 Å². The molecule has 1 radical (unpaired) electrons. The molecule has 0 aromatic heterocycles. The fourth-order valence-electron chi connectivity index (χ4n) is 4.91. The van der Waals surface area contributed by atoms with Gasteiger partial charge in [-0.1, -0.05) is 73.7 Å². The number of benzene rings is 1. The Labute approximate surface area is 155 Å². The summed E-state index contributed by atoms with van der Waals surface area (Å²) in [6.45, 7) is 7.02. The van der Waals surface area contributed by atoms with Gasteiger partial charge in [0.2, 0.25) is 0 Å². The largest absolute Gasteiger partial charge is 0.0650 e. The van der Waals surface area contributed by atoms with Crippen molar-refractivity contribution in [2.24, 2.45) is 17.8 Å². The average Bonchev–Trinajstić information content (AvgIpc) is 2.92. The Morgan fingerprint density at radius 2 is 1.80 bits per heavy atom. The molecule has 2 aliphatic rings. The van der Waals surface area contributed by atoms with Crippen LogP contribution >= 0.6 is 0 Å². The zero-order valence-corrected chi connectivity index (χ0v) is 16.4. The normalized spacial score (nSPS) is 26.8. The van der Waals surface area contributed by atoms with Crippen molar-refractivity contribution in [3.63, 3.8) is 0 Å². The molecule has 3 rings (SSSR count). The first kappa shape index (κ1) is 18.5. The fraction of sp³-hybridized carbons (Fsp3) is 0.560. The van der Waals surface area contributed by atoms with E-state index in [9.17, 15) is 0 Å². The SMILES string of the molecule is CC1=CC(CC2CCC(CCCCc3ccccc3)CC2C)=C(C)[CH]1. The van der Waals surface area contributed by atoms with Gasteiger partial charge in [-0.05, 0) is 74.8 Å². The summed E-state index contributed by atoms with van der Waals surface area (Å²) < 4.78 is 0. The Balaban J connectivity index is 1.38. The zero-order chi connectivity index (χ0) is 17.6. The molecule has 0 N–H and O–H groups in total. The summed E-state index contributed by atoms with van der Waals surface area (Å²) in [5.41, 5.74) is 6.05. The molecule has 1 aromatic carbocycles. The summed E-state index contributed by atoms with van der Waals surface area (Å²) in [6, 6.07) is 11.0. The van der Waals surface area contributed by atoms with Gasteiger partial charge in [0.1, 0.15) is 0 Å². The highest BCUT2D eigenvalue weighted by atomic mass is 14.3. The topological polar surface area (TPSA) is 0 Å². The Kier molecular flexibility index (Phi) is 6.57. The number of unbranched alkanes of at least 4 members (excludes halogenated alkanes) is 1. The number of allylic oxidation sites excluding steroid dienone is 4. The van der Waals surface area contributed by atoms with E-state index in [0.29, 0.717) is 0 Å². The third-order valence-corrected chi connectivity index (χ3v) is 6.46. The molecule has 25 heavy (non-hydrogen) atoms. The summed E-state index contributed by atoms with van der Waals surface area (Å²) in [5.74, 6) is 2.77. The molecule has 1 saturated carbocycles. The van der Waals surface area contributed by atoms with E-state index in [-0.39, 0.29) is 0 Å². The first-order valence-electron chi connectivity index (χ1n) is 10.4. The molecular weight excluding hydrogens is 300 g/mol. The molecular formula is C25H35. The van der Waals surface area contributed by atoms with Crippen molar-refractivity contribution in [3.05, 3.63) is 65.1 Å². The van der Waals surface area contributed by atoms with Crippen molar-refractivity contribution in [2.75, 3.05) is 0 Å². The second-order valence-corrected chi connectivity index (χ2v) is 8.59. The van der Waals surface area contributed by atoms with E-state index in [1.807, 2.05) is 0 Å². The maximum absolute atomic E-state index is 2.51. The van der Waals surface area contributed by atoms with Gasteiger partial charge in [0.15, 0.2) is 0 Å². The van der Waals surface area contributed by atoms with Gasteiger partial charge in [-0.25, -0.2) is 0 Å². The molecule has 1 aromatic rings. The summed E-state index contributed by atoms with van der Waals surface area (Å²) in [4.78, 5) is 0. The van der Waals surface area contributed by atoms with Crippen LogP contribution in [0.3, 0.4) is 0 Å². The van der Waals surface area contributed by atoms with Gasteiger partial charge in [-0.3, -0.25) is 0 Å². The predicted molar refractivity (Wildman–Crippen MR) is 109 cm³/mol. The van der Waals surface area contributed by atoms with Crippen LogP contribution < -0.4 is 0 Å². The molecule has 0 spiro atoms. The lowest BCUT2D eigenvalue weighted by Gasteiger charge is -2.34. The Hall–Kier alpha value is -1.30. The van der Waals surface area contributed by atoms with Crippen molar-refractivity contribution in [1.29, 1.82) is 0 Å². The van der Waals surface area contributed by atoms with Gasteiger partial charge in [-0.2, -0.15) is 0 Å². The van der Waals surface area contributed by atoms with Crippen molar-refractivity contribution >= 4 is 0 Å². The Morgan fingerprint density at radius 3 is 2.48 bits per heavy atom. The second-order valence-electron chi connectivity index (χ2n) is 8.59. The highest BCUT2D eigenvalue weighted by molar-refractivity contribution is 5.46. The van der Waals surface area contributed by atoms with Gasteiger partial charge in [0.05, 0.1) is 0 Å². The van der Waals surface area contributed by atoms with E-state index < -0.39 is 0 Å². The monoisotopic (exact) mass is 335 g/mol. The molecule has 3 unspecified atom stereocenters. The molecule has 3 atom stereocenters. The first-order valence-corrected chi connectivity index (χ1v) is 10.4. The highest BCUT2D eigenvalue weighted by Gasteiger charge is 2.28. The Bertz CT molecular complexity index is 604. The van der Waals surface area contributed by atoms with Crippen molar-refractivity contribution in [3.8, 4) is 0 Å². The van der Waals surface area contributed by atoms with Crippen LogP contribution in [0.25, 0.3) is 0 Å². The van der Waals surface area contributed by atoms with E-state index in [2.05, 4.69) is 63.6 Å². The zero-order valence-electron chi connectivity index (χ0n) is 16.4. The first-order chi connectivity index (χ1) is 12.1. The molecule has 135 valence electrons. The highest BCUT2D eigenvalue weighted by Crippen LogP contribution is 2.41. The standard InChI is InChI=1S/C25H35/c1-19-15-20(2)25(16-19)18-24-14-13-23(17-21(24)3)12-8-7-11-22-9-5-4-6-10-22/h4-6,9-10,15-16,21,23-24H,7-8,11-14,17-18H2,1-3H3. The van der Waals surface area contributed by atoms with E-state index in [1.165, 1.54) is 68.1 Å². The molecule has 0 heterocycles. The number of aryl methyl sites for hydroxylation is 1. The number of hydrogen-bond donors (Lipinski definition) is 0. The van der Waals surface area contributed by atoms with E-state index in [0.717, 1.165) is 17.8 Å². The van der Waals surface area contributed by atoms with E-state index in [4.69, 9.17) is 0 Å². The summed E-state index contributed by atoms with van der Waals surface area (Å²) >= 11 is 0. The van der Waals surface area contributed by atoms with Crippen LogP contribution in [0.4, 0.5) is 0 Å². The third-order valence-electron chi connectivity index (χ3n) is 6.46. The lowest BCUT2D eigenvalue weighted by molar-refractivity contribution is 0.184. The maximum atomic E-state index is 2.51. The van der Waals surface area contributed by atoms with Crippen molar-refractivity contribution in [2.45, 2.75) is 72.1 Å². The molecule has 1 fully saturated rings. The van der Waals surface area contributed by atoms with Crippen LogP contribution in [0.5, 0.6) is 0 Å². The van der Waals surface area contributed by atoms with Crippen LogP contribution in [0.1, 0.15) is 71.3 Å².